The number of likely N-dealkylation sites (tertiary alicyclic amines) is 1. The number of imide groups is 1. The van der Waals surface area contributed by atoms with Gasteiger partial charge in [-0.3, -0.25) is 14.5 Å². The summed E-state index contributed by atoms with van der Waals surface area (Å²) in [4.78, 5) is 26.1. The van der Waals surface area contributed by atoms with Crippen LogP contribution in [0.2, 0.25) is 0 Å². The summed E-state index contributed by atoms with van der Waals surface area (Å²) < 4.78 is 5.70. The second kappa shape index (κ2) is 7.40. The number of para-hydroxylation sites is 1. The molecule has 2 aliphatic rings. The van der Waals surface area contributed by atoms with E-state index >= 15 is 0 Å². The van der Waals surface area contributed by atoms with Crippen molar-refractivity contribution >= 4 is 11.8 Å². The normalized spacial score (nSPS) is 20.3. The number of carbonyl (C=O) groups excluding carboxylic acids is 2. The second-order valence-electron chi connectivity index (χ2n) is 7.04. The van der Waals surface area contributed by atoms with E-state index in [1.54, 1.807) is 6.08 Å². The zero-order chi connectivity index (χ0) is 17.9. The molecule has 1 aromatic carbocycles. The lowest BCUT2D eigenvalue weighted by atomic mass is 9.84. The number of aliphatic hydroxyl groups excluding tert-OH is 1. The summed E-state index contributed by atoms with van der Waals surface area (Å²) in [5.74, 6) is 0.409. The molecule has 1 heterocycles. The van der Waals surface area contributed by atoms with Crippen LogP contribution in [-0.4, -0.2) is 41.1 Å². The van der Waals surface area contributed by atoms with Crippen LogP contribution in [0.1, 0.15) is 37.7 Å². The molecule has 2 fully saturated rings. The molecule has 3 rings (SSSR count). The van der Waals surface area contributed by atoms with Gasteiger partial charge in [-0.15, -0.1) is 6.58 Å². The number of hydrogen-bond acceptors (Lipinski definition) is 4. The summed E-state index contributed by atoms with van der Waals surface area (Å²) >= 11 is 0. The Labute approximate surface area is 148 Å². The predicted octanol–water partition coefficient (Wildman–Crippen LogP) is 2.47. The quantitative estimate of drug-likeness (QED) is 0.610. The van der Waals surface area contributed by atoms with E-state index in [4.69, 9.17) is 4.74 Å². The molecule has 0 unspecified atom stereocenters. The largest absolute Gasteiger partial charge is 0.491 e. The van der Waals surface area contributed by atoms with Crippen molar-refractivity contribution < 1.29 is 19.4 Å². The molecule has 2 amide bonds. The Morgan fingerprint density at radius 1 is 1.28 bits per heavy atom. The monoisotopic (exact) mass is 343 g/mol. The zero-order valence-electron chi connectivity index (χ0n) is 14.4. The molecule has 0 bridgehead atoms. The summed E-state index contributed by atoms with van der Waals surface area (Å²) in [6, 6.07) is 7.57. The van der Waals surface area contributed by atoms with Crippen molar-refractivity contribution in [2.75, 3.05) is 13.2 Å². The molecular weight excluding hydrogens is 318 g/mol. The summed E-state index contributed by atoms with van der Waals surface area (Å²) in [5.41, 5.74) is 0.497. The maximum Gasteiger partial charge on any atom is 0.235 e. The van der Waals surface area contributed by atoms with Crippen LogP contribution in [0.5, 0.6) is 5.75 Å². The van der Waals surface area contributed by atoms with Crippen molar-refractivity contribution in [1.29, 1.82) is 0 Å². The summed E-state index contributed by atoms with van der Waals surface area (Å²) in [6.07, 6.45) is 5.43. The van der Waals surface area contributed by atoms with Gasteiger partial charge >= 0.3 is 0 Å². The molecule has 25 heavy (non-hydrogen) atoms. The van der Waals surface area contributed by atoms with E-state index in [1.807, 2.05) is 24.3 Å². The standard InChI is InChI=1S/C20H25NO4/c1-2-7-15-8-3-4-9-17(15)25-14-16(22)13-21-18(23)12-20(19(21)24)10-5-6-11-20/h2-4,8-9,16,22H,1,5-7,10-14H2/t16-/m0/s1. The van der Waals surface area contributed by atoms with Gasteiger partial charge in [-0.2, -0.15) is 0 Å². The van der Waals surface area contributed by atoms with Gasteiger partial charge in [0.25, 0.3) is 0 Å². The van der Waals surface area contributed by atoms with Gasteiger partial charge in [0.2, 0.25) is 11.8 Å². The highest BCUT2D eigenvalue weighted by atomic mass is 16.5. The highest BCUT2D eigenvalue weighted by Gasteiger charge is 2.52. The van der Waals surface area contributed by atoms with Gasteiger partial charge in [0, 0.05) is 6.42 Å². The predicted molar refractivity (Wildman–Crippen MR) is 94.1 cm³/mol. The van der Waals surface area contributed by atoms with Crippen LogP contribution >= 0.6 is 0 Å². The first-order valence-corrected chi connectivity index (χ1v) is 8.90. The fourth-order valence-corrected chi connectivity index (χ4v) is 3.91. The molecule has 5 nitrogen and oxygen atoms in total. The van der Waals surface area contributed by atoms with Gasteiger partial charge in [-0.25, -0.2) is 0 Å². The minimum absolute atomic E-state index is 0.00302. The van der Waals surface area contributed by atoms with E-state index in [0.717, 1.165) is 31.2 Å². The third-order valence-electron chi connectivity index (χ3n) is 5.21. The number of allylic oxidation sites excluding steroid dienone is 1. The van der Waals surface area contributed by atoms with Crippen LogP contribution < -0.4 is 4.74 Å². The molecule has 1 spiro atoms. The molecule has 5 heteroatoms. The van der Waals surface area contributed by atoms with Crippen molar-refractivity contribution in [2.24, 2.45) is 5.41 Å². The molecule has 1 saturated carbocycles. The van der Waals surface area contributed by atoms with Crippen LogP contribution in [0.4, 0.5) is 0 Å². The van der Waals surface area contributed by atoms with E-state index in [2.05, 4.69) is 6.58 Å². The number of carbonyl (C=O) groups is 2. The number of aliphatic hydroxyl groups is 1. The maximum absolute atomic E-state index is 12.6. The molecule has 1 atom stereocenters. The minimum atomic E-state index is -0.902. The highest BCUT2D eigenvalue weighted by molar-refractivity contribution is 6.06. The minimum Gasteiger partial charge on any atom is -0.491 e. The van der Waals surface area contributed by atoms with Crippen molar-refractivity contribution in [2.45, 2.75) is 44.6 Å². The lowest BCUT2D eigenvalue weighted by Gasteiger charge is -2.23. The lowest BCUT2D eigenvalue weighted by Crippen LogP contribution is -2.41. The van der Waals surface area contributed by atoms with E-state index in [1.165, 1.54) is 4.90 Å². The van der Waals surface area contributed by atoms with Crippen molar-refractivity contribution in [1.82, 2.24) is 4.90 Å². The first kappa shape index (κ1) is 17.7. The zero-order valence-corrected chi connectivity index (χ0v) is 14.4. The van der Waals surface area contributed by atoms with Gasteiger partial charge < -0.3 is 9.84 Å². The average Bonchev–Trinajstić information content (AvgIpc) is 3.15. The van der Waals surface area contributed by atoms with Gasteiger partial charge in [0.1, 0.15) is 18.5 Å². The molecular formula is C20H25NO4. The summed E-state index contributed by atoms with van der Waals surface area (Å²) in [5, 5.41) is 10.3. The SMILES string of the molecule is C=CCc1ccccc1OC[C@@H](O)CN1C(=O)CC2(CCCC2)C1=O. The average molecular weight is 343 g/mol. The number of amides is 2. The number of rotatable bonds is 7. The Balaban J connectivity index is 1.58. The molecule has 0 aromatic heterocycles. The fourth-order valence-electron chi connectivity index (χ4n) is 3.91. The Bertz CT molecular complexity index is 663. The molecule has 134 valence electrons. The molecule has 1 aromatic rings. The van der Waals surface area contributed by atoms with Crippen LogP contribution in [0.25, 0.3) is 0 Å². The molecule has 0 radical (unpaired) electrons. The molecule has 1 aliphatic heterocycles. The van der Waals surface area contributed by atoms with Crippen LogP contribution in [-0.2, 0) is 16.0 Å². The van der Waals surface area contributed by atoms with Gasteiger partial charge in [-0.05, 0) is 30.9 Å². The smallest absolute Gasteiger partial charge is 0.235 e. The Morgan fingerprint density at radius 2 is 2.00 bits per heavy atom. The van der Waals surface area contributed by atoms with Crippen LogP contribution in [0.3, 0.4) is 0 Å². The van der Waals surface area contributed by atoms with E-state index < -0.39 is 11.5 Å². The van der Waals surface area contributed by atoms with Gasteiger partial charge in [0.15, 0.2) is 0 Å². The van der Waals surface area contributed by atoms with Crippen molar-refractivity contribution in [3.8, 4) is 5.75 Å². The van der Waals surface area contributed by atoms with Crippen LogP contribution in [0, 0.1) is 5.41 Å². The third kappa shape index (κ3) is 3.61. The van der Waals surface area contributed by atoms with Crippen molar-refractivity contribution in [3.05, 3.63) is 42.5 Å². The Morgan fingerprint density at radius 3 is 2.72 bits per heavy atom. The second-order valence-corrected chi connectivity index (χ2v) is 7.04. The highest BCUT2D eigenvalue weighted by Crippen LogP contribution is 2.46. The Kier molecular flexibility index (Phi) is 5.23. The summed E-state index contributed by atoms with van der Waals surface area (Å²) in [7, 11) is 0. The van der Waals surface area contributed by atoms with E-state index in [9.17, 15) is 14.7 Å². The summed E-state index contributed by atoms with van der Waals surface area (Å²) in [6.45, 7) is 3.77. The first-order chi connectivity index (χ1) is 12.1. The topological polar surface area (TPSA) is 66.8 Å². The van der Waals surface area contributed by atoms with E-state index in [-0.39, 0.29) is 25.0 Å². The number of ether oxygens (including phenoxy) is 1. The molecule has 1 N–H and O–H groups in total. The van der Waals surface area contributed by atoms with Gasteiger partial charge in [0.05, 0.1) is 12.0 Å². The molecule has 1 saturated heterocycles. The maximum atomic E-state index is 12.6. The lowest BCUT2D eigenvalue weighted by molar-refractivity contribution is -0.143. The van der Waals surface area contributed by atoms with E-state index in [0.29, 0.717) is 18.6 Å². The number of benzene rings is 1. The number of β-amino-alcohol motifs (C(OH)–C–C–N with tert-alkyl or cyclic N) is 1. The fraction of sp³-hybridized carbons (Fsp3) is 0.500. The van der Waals surface area contributed by atoms with Gasteiger partial charge in [-0.1, -0.05) is 37.1 Å². The number of hydrogen-bond donors (Lipinski definition) is 1. The first-order valence-electron chi connectivity index (χ1n) is 8.90. The Hall–Kier alpha value is -2.14. The number of nitrogens with zero attached hydrogens (tertiary/aromatic N) is 1. The van der Waals surface area contributed by atoms with Crippen LogP contribution in [0.15, 0.2) is 36.9 Å². The molecule has 1 aliphatic carbocycles. The third-order valence-corrected chi connectivity index (χ3v) is 5.21. The van der Waals surface area contributed by atoms with Crippen molar-refractivity contribution in [3.63, 3.8) is 0 Å².